The van der Waals surface area contributed by atoms with E-state index in [0.29, 0.717) is 0 Å². The minimum absolute atomic E-state index is 0.292. The summed E-state index contributed by atoms with van der Waals surface area (Å²) in [4.78, 5) is 11.2. The van der Waals surface area contributed by atoms with Crippen LogP contribution in [0.4, 0.5) is 0 Å². The molecule has 2 nitrogen and oxygen atoms in total. The van der Waals surface area contributed by atoms with Crippen molar-refractivity contribution < 1.29 is 9.53 Å². The van der Waals surface area contributed by atoms with Gasteiger partial charge in [0, 0.05) is 6.08 Å². The number of allylic oxidation sites excluding steroid dienone is 1. The lowest BCUT2D eigenvalue weighted by molar-refractivity contribution is -0.134. The van der Waals surface area contributed by atoms with Crippen LogP contribution in [-0.2, 0) is 16.0 Å². The molecule has 0 aromatic heterocycles. The van der Waals surface area contributed by atoms with Gasteiger partial charge < -0.3 is 4.74 Å². The maximum atomic E-state index is 11.2. The second-order valence-electron chi connectivity index (χ2n) is 3.99. The molecule has 1 aromatic carbocycles. The second-order valence-corrected chi connectivity index (χ2v) is 3.99. The first-order chi connectivity index (χ1) is 8.21. The third-order valence-electron chi connectivity index (χ3n) is 2.74. The monoisotopic (exact) mass is 232 g/mol. The molecule has 0 unspecified atom stereocenters. The van der Waals surface area contributed by atoms with Gasteiger partial charge in [0.1, 0.15) is 0 Å². The summed E-state index contributed by atoms with van der Waals surface area (Å²) in [5.41, 5.74) is 3.45. The van der Waals surface area contributed by atoms with Crippen LogP contribution < -0.4 is 0 Å². The van der Waals surface area contributed by atoms with Crippen molar-refractivity contribution in [1.29, 1.82) is 0 Å². The van der Waals surface area contributed by atoms with Crippen molar-refractivity contribution in [2.45, 2.75) is 33.1 Å². The van der Waals surface area contributed by atoms with Crippen molar-refractivity contribution in [2.24, 2.45) is 0 Å². The van der Waals surface area contributed by atoms with Crippen molar-refractivity contribution in [1.82, 2.24) is 0 Å². The summed E-state index contributed by atoms with van der Waals surface area (Å²) in [5, 5.41) is 0. The Labute approximate surface area is 103 Å². The van der Waals surface area contributed by atoms with Gasteiger partial charge in [0.25, 0.3) is 0 Å². The molecule has 0 radical (unpaired) electrons. The van der Waals surface area contributed by atoms with Crippen LogP contribution in [0.1, 0.15) is 37.8 Å². The number of ether oxygens (including phenoxy) is 1. The highest BCUT2D eigenvalue weighted by molar-refractivity contribution is 5.91. The van der Waals surface area contributed by atoms with Crippen LogP contribution in [0, 0.1) is 0 Å². The fourth-order valence-electron chi connectivity index (χ4n) is 1.76. The maximum absolute atomic E-state index is 11.2. The van der Waals surface area contributed by atoms with E-state index in [2.05, 4.69) is 35.9 Å². The zero-order valence-electron chi connectivity index (χ0n) is 10.8. The average molecular weight is 232 g/mol. The Morgan fingerprint density at radius 2 is 1.88 bits per heavy atom. The average Bonchev–Trinajstić information content (AvgIpc) is 2.37. The fourth-order valence-corrected chi connectivity index (χ4v) is 1.76. The number of aryl methyl sites for hydroxylation is 1. The molecule has 92 valence electrons. The standard InChI is InChI=1S/C15H20O2/c1-4-6-12-7-9-14(10-8-12)13(5-2)11-15(16)17-3/h7-11H,4-6H2,1-3H3. The fraction of sp³-hybridized carbons (Fsp3) is 0.400. The molecule has 0 aliphatic rings. The van der Waals surface area contributed by atoms with E-state index in [1.807, 2.05) is 6.92 Å². The third kappa shape index (κ3) is 4.06. The van der Waals surface area contributed by atoms with Crippen LogP contribution in [0.5, 0.6) is 0 Å². The topological polar surface area (TPSA) is 26.3 Å². The molecular formula is C15H20O2. The highest BCUT2D eigenvalue weighted by Crippen LogP contribution is 2.19. The van der Waals surface area contributed by atoms with Gasteiger partial charge in [0.2, 0.25) is 0 Å². The van der Waals surface area contributed by atoms with Crippen molar-refractivity contribution >= 4 is 11.5 Å². The van der Waals surface area contributed by atoms with Crippen molar-refractivity contribution in [3.8, 4) is 0 Å². The van der Waals surface area contributed by atoms with E-state index in [4.69, 9.17) is 0 Å². The lowest BCUT2D eigenvalue weighted by Gasteiger charge is -2.06. The maximum Gasteiger partial charge on any atom is 0.330 e. The number of rotatable bonds is 5. The summed E-state index contributed by atoms with van der Waals surface area (Å²) in [6.45, 7) is 4.21. The number of hydrogen-bond donors (Lipinski definition) is 0. The predicted octanol–water partition coefficient (Wildman–Crippen LogP) is 3.61. The van der Waals surface area contributed by atoms with E-state index >= 15 is 0 Å². The molecule has 0 atom stereocenters. The van der Waals surface area contributed by atoms with Gasteiger partial charge >= 0.3 is 5.97 Å². The SMILES string of the molecule is CCCc1ccc(C(=CC(=O)OC)CC)cc1. The third-order valence-corrected chi connectivity index (χ3v) is 2.74. The molecular weight excluding hydrogens is 212 g/mol. The van der Waals surface area contributed by atoms with Gasteiger partial charge in [0.15, 0.2) is 0 Å². The summed E-state index contributed by atoms with van der Waals surface area (Å²) in [6, 6.07) is 8.39. The van der Waals surface area contributed by atoms with Crippen LogP contribution >= 0.6 is 0 Å². The minimum atomic E-state index is -0.292. The van der Waals surface area contributed by atoms with Crippen LogP contribution in [-0.4, -0.2) is 13.1 Å². The quantitative estimate of drug-likeness (QED) is 0.572. The molecule has 0 aliphatic heterocycles. The number of methoxy groups -OCH3 is 1. The van der Waals surface area contributed by atoms with Gasteiger partial charge in [0.05, 0.1) is 7.11 Å². The Morgan fingerprint density at radius 3 is 2.35 bits per heavy atom. The van der Waals surface area contributed by atoms with Gasteiger partial charge in [-0.2, -0.15) is 0 Å². The number of benzene rings is 1. The van der Waals surface area contributed by atoms with Crippen molar-refractivity contribution in [2.75, 3.05) is 7.11 Å². The molecule has 0 bridgehead atoms. The van der Waals surface area contributed by atoms with E-state index in [1.54, 1.807) is 6.08 Å². The van der Waals surface area contributed by atoms with Gasteiger partial charge in [-0.1, -0.05) is 44.5 Å². The van der Waals surface area contributed by atoms with Crippen molar-refractivity contribution in [3.63, 3.8) is 0 Å². The van der Waals surface area contributed by atoms with Crippen LogP contribution in [0.2, 0.25) is 0 Å². The lowest BCUT2D eigenvalue weighted by atomic mass is 10.0. The Hall–Kier alpha value is -1.57. The number of carbonyl (C=O) groups is 1. The molecule has 2 heteroatoms. The largest absolute Gasteiger partial charge is 0.466 e. The van der Waals surface area contributed by atoms with E-state index in [0.717, 1.165) is 30.4 Å². The first-order valence-electron chi connectivity index (χ1n) is 6.09. The minimum Gasteiger partial charge on any atom is -0.466 e. The first-order valence-corrected chi connectivity index (χ1v) is 6.09. The summed E-state index contributed by atoms with van der Waals surface area (Å²) in [7, 11) is 1.40. The van der Waals surface area contributed by atoms with Gasteiger partial charge in [-0.25, -0.2) is 4.79 Å². The van der Waals surface area contributed by atoms with E-state index < -0.39 is 0 Å². The zero-order chi connectivity index (χ0) is 12.7. The molecule has 0 saturated heterocycles. The Morgan fingerprint density at radius 1 is 1.24 bits per heavy atom. The van der Waals surface area contributed by atoms with E-state index in [-0.39, 0.29) is 5.97 Å². The lowest BCUT2D eigenvalue weighted by Crippen LogP contribution is -1.97. The number of carbonyl (C=O) groups excluding carboxylic acids is 1. The molecule has 0 spiro atoms. The summed E-state index contributed by atoms with van der Waals surface area (Å²) in [6.07, 6.45) is 4.64. The van der Waals surface area contributed by atoms with Crippen LogP contribution in [0.15, 0.2) is 30.3 Å². The predicted molar refractivity (Wildman–Crippen MR) is 70.7 cm³/mol. The van der Waals surface area contributed by atoms with Gasteiger partial charge in [-0.3, -0.25) is 0 Å². The molecule has 0 saturated carbocycles. The zero-order valence-corrected chi connectivity index (χ0v) is 10.8. The smallest absolute Gasteiger partial charge is 0.330 e. The van der Waals surface area contributed by atoms with E-state index in [1.165, 1.54) is 12.7 Å². The first kappa shape index (κ1) is 13.5. The second kappa shape index (κ2) is 6.89. The van der Waals surface area contributed by atoms with Crippen LogP contribution in [0.3, 0.4) is 0 Å². The Bertz CT molecular complexity index is 388. The molecule has 0 heterocycles. The Balaban J connectivity index is 2.89. The molecule has 0 fully saturated rings. The molecule has 1 aromatic rings. The number of esters is 1. The van der Waals surface area contributed by atoms with E-state index in [9.17, 15) is 4.79 Å². The van der Waals surface area contributed by atoms with Gasteiger partial charge in [-0.05, 0) is 29.5 Å². The highest BCUT2D eigenvalue weighted by Gasteiger charge is 2.03. The molecule has 1 rings (SSSR count). The molecule has 17 heavy (non-hydrogen) atoms. The molecule has 0 N–H and O–H groups in total. The highest BCUT2D eigenvalue weighted by atomic mass is 16.5. The van der Waals surface area contributed by atoms with Crippen molar-refractivity contribution in [3.05, 3.63) is 41.5 Å². The Kier molecular flexibility index (Phi) is 5.47. The number of hydrogen-bond acceptors (Lipinski definition) is 2. The normalized spacial score (nSPS) is 11.4. The van der Waals surface area contributed by atoms with Crippen LogP contribution in [0.25, 0.3) is 5.57 Å². The summed E-state index contributed by atoms with van der Waals surface area (Å²) >= 11 is 0. The molecule has 0 aliphatic carbocycles. The summed E-state index contributed by atoms with van der Waals surface area (Å²) < 4.78 is 4.65. The summed E-state index contributed by atoms with van der Waals surface area (Å²) in [5.74, 6) is -0.292. The molecule has 0 amide bonds. The van der Waals surface area contributed by atoms with Gasteiger partial charge in [-0.15, -0.1) is 0 Å².